The molecule has 0 aromatic heterocycles. The minimum absolute atomic E-state index is 0.311. The Kier molecular flexibility index (Phi) is 6.09. The molecular formula is C11H22O. The van der Waals surface area contributed by atoms with E-state index >= 15 is 0 Å². The van der Waals surface area contributed by atoms with E-state index in [9.17, 15) is 5.11 Å². The van der Waals surface area contributed by atoms with Gasteiger partial charge in [-0.15, -0.1) is 6.58 Å². The second-order valence-electron chi connectivity index (χ2n) is 3.87. The van der Waals surface area contributed by atoms with Crippen molar-refractivity contribution in [3.63, 3.8) is 0 Å². The number of hydrogen-bond donors (Lipinski definition) is 1. The van der Waals surface area contributed by atoms with Crippen molar-refractivity contribution >= 4 is 0 Å². The molecule has 0 rings (SSSR count). The molecule has 0 amide bonds. The van der Waals surface area contributed by atoms with Gasteiger partial charge in [0, 0.05) is 0 Å². The lowest BCUT2D eigenvalue weighted by atomic mass is 9.91. The molecule has 72 valence electrons. The highest BCUT2D eigenvalue weighted by atomic mass is 16.3. The van der Waals surface area contributed by atoms with Crippen LogP contribution in [-0.2, 0) is 0 Å². The molecule has 0 aliphatic carbocycles. The summed E-state index contributed by atoms with van der Waals surface area (Å²) in [5.74, 6) is 1.14. The maximum absolute atomic E-state index is 9.51. The van der Waals surface area contributed by atoms with Crippen LogP contribution in [0.3, 0.4) is 0 Å². The molecule has 1 heteroatoms. The highest BCUT2D eigenvalue weighted by Gasteiger charge is 2.13. The average molecular weight is 170 g/mol. The van der Waals surface area contributed by atoms with E-state index in [1.165, 1.54) is 6.42 Å². The third kappa shape index (κ3) is 4.55. The molecule has 0 saturated carbocycles. The number of aliphatic hydroxyl groups excluding tert-OH is 1. The Morgan fingerprint density at radius 2 is 1.92 bits per heavy atom. The van der Waals surface area contributed by atoms with Crippen LogP contribution in [0.25, 0.3) is 0 Å². The topological polar surface area (TPSA) is 20.2 Å². The van der Waals surface area contributed by atoms with Gasteiger partial charge in [-0.2, -0.15) is 0 Å². The van der Waals surface area contributed by atoms with Crippen molar-refractivity contribution in [2.45, 2.75) is 46.1 Å². The van der Waals surface area contributed by atoms with Crippen molar-refractivity contribution in [1.82, 2.24) is 0 Å². The van der Waals surface area contributed by atoms with Crippen LogP contribution in [-0.4, -0.2) is 11.2 Å². The van der Waals surface area contributed by atoms with Gasteiger partial charge in [-0.1, -0.05) is 39.7 Å². The first-order valence-electron chi connectivity index (χ1n) is 4.92. The van der Waals surface area contributed by atoms with E-state index in [0.717, 1.165) is 18.8 Å². The van der Waals surface area contributed by atoms with Gasteiger partial charge >= 0.3 is 0 Å². The predicted molar refractivity (Wildman–Crippen MR) is 54.1 cm³/mol. The number of rotatable bonds is 6. The van der Waals surface area contributed by atoms with E-state index in [2.05, 4.69) is 27.4 Å². The monoisotopic (exact) mass is 170 g/mol. The quantitative estimate of drug-likeness (QED) is 0.608. The standard InChI is InChI=1S/C11H22O/c1-5-10(11(12)6-2)8-7-9(3)4/h6,9-12H,2,5,7-8H2,1,3-4H3. The zero-order valence-electron chi connectivity index (χ0n) is 8.59. The van der Waals surface area contributed by atoms with Crippen LogP contribution in [0.15, 0.2) is 12.7 Å². The summed E-state index contributed by atoms with van der Waals surface area (Å²) in [6, 6.07) is 0. The summed E-state index contributed by atoms with van der Waals surface area (Å²) < 4.78 is 0. The first kappa shape index (κ1) is 11.7. The summed E-state index contributed by atoms with van der Waals surface area (Å²) in [6.45, 7) is 10.2. The Morgan fingerprint density at radius 1 is 1.33 bits per heavy atom. The zero-order chi connectivity index (χ0) is 9.56. The Morgan fingerprint density at radius 3 is 2.25 bits per heavy atom. The van der Waals surface area contributed by atoms with Crippen molar-refractivity contribution in [3.8, 4) is 0 Å². The van der Waals surface area contributed by atoms with Crippen molar-refractivity contribution in [2.75, 3.05) is 0 Å². The van der Waals surface area contributed by atoms with Crippen LogP contribution < -0.4 is 0 Å². The van der Waals surface area contributed by atoms with E-state index < -0.39 is 0 Å². The van der Waals surface area contributed by atoms with E-state index in [1.807, 2.05) is 0 Å². The summed E-state index contributed by atoms with van der Waals surface area (Å²) in [7, 11) is 0. The van der Waals surface area contributed by atoms with Crippen LogP contribution in [0.5, 0.6) is 0 Å². The van der Waals surface area contributed by atoms with Gasteiger partial charge in [0.15, 0.2) is 0 Å². The van der Waals surface area contributed by atoms with E-state index in [4.69, 9.17) is 0 Å². The Bertz CT molecular complexity index is 118. The molecule has 0 saturated heterocycles. The van der Waals surface area contributed by atoms with Crippen LogP contribution in [0.2, 0.25) is 0 Å². The van der Waals surface area contributed by atoms with Crippen molar-refractivity contribution < 1.29 is 5.11 Å². The van der Waals surface area contributed by atoms with Crippen LogP contribution in [0, 0.1) is 11.8 Å². The van der Waals surface area contributed by atoms with E-state index in [-0.39, 0.29) is 6.10 Å². The van der Waals surface area contributed by atoms with Gasteiger partial charge in [0.05, 0.1) is 6.10 Å². The average Bonchev–Trinajstić information content (AvgIpc) is 2.04. The van der Waals surface area contributed by atoms with Crippen LogP contribution in [0.1, 0.15) is 40.0 Å². The summed E-state index contributed by atoms with van der Waals surface area (Å²) in [6.07, 6.45) is 4.69. The molecule has 0 aromatic carbocycles. The second kappa shape index (κ2) is 6.24. The van der Waals surface area contributed by atoms with Gasteiger partial charge in [0.25, 0.3) is 0 Å². The molecule has 0 aliphatic heterocycles. The minimum atomic E-state index is -0.311. The van der Waals surface area contributed by atoms with Gasteiger partial charge in [-0.3, -0.25) is 0 Å². The van der Waals surface area contributed by atoms with Crippen LogP contribution >= 0.6 is 0 Å². The number of aliphatic hydroxyl groups is 1. The van der Waals surface area contributed by atoms with Gasteiger partial charge in [0.1, 0.15) is 0 Å². The molecule has 0 aromatic rings. The van der Waals surface area contributed by atoms with Gasteiger partial charge in [-0.05, 0) is 18.3 Å². The summed E-state index contributed by atoms with van der Waals surface area (Å²) in [4.78, 5) is 0. The second-order valence-corrected chi connectivity index (χ2v) is 3.87. The normalized spacial score (nSPS) is 16.1. The lowest BCUT2D eigenvalue weighted by molar-refractivity contribution is 0.139. The maximum atomic E-state index is 9.51. The Hall–Kier alpha value is -0.300. The molecule has 0 aliphatic rings. The summed E-state index contributed by atoms with van der Waals surface area (Å²) in [5, 5.41) is 9.51. The summed E-state index contributed by atoms with van der Waals surface area (Å²) >= 11 is 0. The Labute approximate surface area is 76.5 Å². The van der Waals surface area contributed by atoms with Gasteiger partial charge in [0.2, 0.25) is 0 Å². The largest absolute Gasteiger partial charge is 0.389 e. The molecule has 2 unspecified atom stereocenters. The minimum Gasteiger partial charge on any atom is -0.389 e. The number of hydrogen-bond acceptors (Lipinski definition) is 1. The molecule has 1 N–H and O–H groups in total. The smallest absolute Gasteiger partial charge is 0.0746 e. The fourth-order valence-corrected chi connectivity index (χ4v) is 1.36. The van der Waals surface area contributed by atoms with Crippen molar-refractivity contribution in [2.24, 2.45) is 11.8 Å². The molecular weight excluding hydrogens is 148 g/mol. The van der Waals surface area contributed by atoms with Crippen molar-refractivity contribution in [1.29, 1.82) is 0 Å². The highest BCUT2D eigenvalue weighted by Crippen LogP contribution is 2.19. The first-order valence-corrected chi connectivity index (χ1v) is 4.92. The van der Waals surface area contributed by atoms with Crippen molar-refractivity contribution in [3.05, 3.63) is 12.7 Å². The molecule has 0 fully saturated rings. The molecule has 0 heterocycles. The highest BCUT2D eigenvalue weighted by molar-refractivity contribution is 4.83. The Balaban J connectivity index is 3.74. The molecule has 2 atom stereocenters. The molecule has 0 spiro atoms. The SMILES string of the molecule is C=CC(O)C(CC)CCC(C)C. The van der Waals surface area contributed by atoms with Gasteiger partial charge in [-0.25, -0.2) is 0 Å². The molecule has 0 bridgehead atoms. The van der Waals surface area contributed by atoms with Gasteiger partial charge < -0.3 is 5.11 Å². The lowest BCUT2D eigenvalue weighted by Crippen LogP contribution is -2.17. The third-order valence-electron chi connectivity index (χ3n) is 2.36. The summed E-state index contributed by atoms with van der Waals surface area (Å²) in [5.41, 5.74) is 0. The zero-order valence-corrected chi connectivity index (χ0v) is 8.59. The van der Waals surface area contributed by atoms with E-state index in [0.29, 0.717) is 5.92 Å². The molecule has 12 heavy (non-hydrogen) atoms. The first-order chi connectivity index (χ1) is 5.61. The molecule has 1 nitrogen and oxygen atoms in total. The molecule has 0 radical (unpaired) electrons. The van der Waals surface area contributed by atoms with E-state index in [1.54, 1.807) is 6.08 Å². The fraction of sp³-hybridized carbons (Fsp3) is 0.818. The van der Waals surface area contributed by atoms with Crippen LogP contribution in [0.4, 0.5) is 0 Å². The third-order valence-corrected chi connectivity index (χ3v) is 2.36. The maximum Gasteiger partial charge on any atom is 0.0746 e. The lowest BCUT2D eigenvalue weighted by Gasteiger charge is -2.19. The fourth-order valence-electron chi connectivity index (χ4n) is 1.36. The predicted octanol–water partition coefficient (Wildman–Crippen LogP) is 3.00.